The molecule has 1 aliphatic rings. The van der Waals surface area contributed by atoms with E-state index in [2.05, 4.69) is 28.7 Å². The van der Waals surface area contributed by atoms with Crippen molar-refractivity contribution in [3.05, 3.63) is 22.2 Å². The van der Waals surface area contributed by atoms with Gasteiger partial charge in [0, 0.05) is 24.9 Å². The second kappa shape index (κ2) is 6.45. The molecule has 0 atom stereocenters. The Hall–Kier alpha value is -0.710. The molecule has 18 heavy (non-hydrogen) atoms. The average molecular weight is 270 g/mol. The van der Waals surface area contributed by atoms with Crippen LogP contribution in [0.25, 0.3) is 0 Å². The topological polar surface area (TPSA) is 38.2 Å². The zero-order valence-electron chi connectivity index (χ0n) is 11.1. The minimum atomic E-state index is 0.546. The fourth-order valence-corrected chi connectivity index (χ4v) is 2.41. The van der Waals surface area contributed by atoms with Crippen LogP contribution in [0.2, 0.25) is 5.15 Å². The molecule has 100 valence electrons. The Bertz CT molecular complexity index is 407. The Kier molecular flexibility index (Phi) is 4.92. The van der Waals surface area contributed by atoms with Gasteiger partial charge in [-0.1, -0.05) is 25.4 Å². The number of nitrogens with zero attached hydrogens (tertiary/aromatic N) is 3. The first-order valence-corrected chi connectivity index (χ1v) is 6.96. The summed E-state index contributed by atoms with van der Waals surface area (Å²) >= 11 is 6.19. The molecule has 4 nitrogen and oxygen atoms in total. The lowest BCUT2D eigenvalue weighted by molar-refractivity contribution is 0.108. The highest BCUT2D eigenvalue weighted by Gasteiger charge is 2.17. The second-order valence-corrected chi connectivity index (χ2v) is 4.79. The molecule has 1 aromatic rings. The zero-order chi connectivity index (χ0) is 13.0. The molecule has 0 spiro atoms. The van der Waals surface area contributed by atoms with Crippen molar-refractivity contribution in [1.82, 2.24) is 14.9 Å². The molecule has 0 saturated heterocycles. The van der Waals surface area contributed by atoms with Gasteiger partial charge in [0.1, 0.15) is 11.0 Å². The van der Waals surface area contributed by atoms with E-state index >= 15 is 0 Å². The first-order chi connectivity index (χ1) is 8.74. The van der Waals surface area contributed by atoms with Gasteiger partial charge in [0.15, 0.2) is 0 Å². The number of ether oxygens (including phenoxy) is 1. The molecule has 1 aliphatic heterocycles. The molecular weight excluding hydrogens is 250 g/mol. The van der Waals surface area contributed by atoms with Crippen molar-refractivity contribution in [2.45, 2.75) is 33.3 Å². The largest absolute Gasteiger partial charge is 0.376 e. The van der Waals surface area contributed by atoms with Crippen LogP contribution in [0.5, 0.6) is 0 Å². The third kappa shape index (κ3) is 3.19. The van der Waals surface area contributed by atoms with Gasteiger partial charge in [0.2, 0.25) is 0 Å². The summed E-state index contributed by atoms with van der Waals surface area (Å²) in [7, 11) is 0. The molecular formula is C13H20ClN3O. The first-order valence-electron chi connectivity index (χ1n) is 6.58. The maximum atomic E-state index is 6.19. The van der Waals surface area contributed by atoms with E-state index in [0.717, 1.165) is 56.2 Å². The van der Waals surface area contributed by atoms with Gasteiger partial charge in [0.05, 0.1) is 18.9 Å². The van der Waals surface area contributed by atoms with E-state index in [4.69, 9.17) is 16.3 Å². The highest BCUT2D eigenvalue weighted by Crippen LogP contribution is 2.22. The molecule has 0 aliphatic carbocycles. The van der Waals surface area contributed by atoms with Gasteiger partial charge in [-0.25, -0.2) is 9.97 Å². The van der Waals surface area contributed by atoms with Crippen molar-refractivity contribution in [1.29, 1.82) is 0 Å². The quantitative estimate of drug-likeness (QED) is 0.768. The fraction of sp³-hybridized carbons (Fsp3) is 0.692. The van der Waals surface area contributed by atoms with E-state index in [9.17, 15) is 0 Å². The number of fused-ring (bicyclic) bond motifs is 1. The number of likely N-dealkylation sites (N-methyl/N-ethyl adjacent to an activating group) is 1. The van der Waals surface area contributed by atoms with Crippen LogP contribution in [-0.2, 0) is 24.2 Å². The van der Waals surface area contributed by atoms with Crippen LogP contribution in [0.1, 0.15) is 30.9 Å². The predicted octanol–water partition coefficient (Wildman–Crippen LogP) is 2.09. The van der Waals surface area contributed by atoms with E-state index in [-0.39, 0.29) is 0 Å². The predicted molar refractivity (Wildman–Crippen MR) is 71.9 cm³/mol. The third-order valence-electron chi connectivity index (χ3n) is 3.36. The number of hydrogen-bond donors (Lipinski definition) is 0. The van der Waals surface area contributed by atoms with Crippen molar-refractivity contribution < 1.29 is 4.74 Å². The molecule has 5 heteroatoms. The highest BCUT2D eigenvalue weighted by atomic mass is 35.5. The minimum absolute atomic E-state index is 0.546. The van der Waals surface area contributed by atoms with Gasteiger partial charge in [-0.15, -0.1) is 0 Å². The molecule has 0 unspecified atom stereocenters. The monoisotopic (exact) mass is 269 g/mol. The average Bonchev–Trinajstić information content (AvgIpc) is 2.40. The lowest BCUT2D eigenvalue weighted by Gasteiger charge is -2.19. The fourth-order valence-electron chi connectivity index (χ4n) is 2.15. The molecule has 0 amide bonds. The van der Waals surface area contributed by atoms with Gasteiger partial charge in [0.25, 0.3) is 0 Å². The molecule has 2 rings (SSSR count). The smallest absolute Gasteiger partial charge is 0.138 e. The molecule has 0 saturated carbocycles. The second-order valence-electron chi connectivity index (χ2n) is 4.44. The Morgan fingerprint density at radius 3 is 2.78 bits per heavy atom. The lowest BCUT2D eigenvalue weighted by atomic mass is 10.1. The van der Waals surface area contributed by atoms with Crippen LogP contribution in [0, 0.1) is 0 Å². The standard InChI is InChI=1S/C13H20ClN3O/c1-3-17(4-2)7-5-12-15-11-6-8-18-9-10(11)13(14)16-12/h3-9H2,1-2H3. The minimum Gasteiger partial charge on any atom is -0.376 e. The molecule has 0 radical (unpaired) electrons. The van der Waals surface area contributed by atoms with Gasteiger partial charge < -0.3 is 9.64 Å². The molecule has 0 fully saturated rings. The summed E-state index contributed by atoms with van der Waals surface area (Å²) in [6, 6.07) is 0. The van der Waals surface area contributed by atoms with Crippen LogP contribution in [0.15, 0.2) is 0 Å². The number of rotatable bonds is 5. The summed E-state index contributed by atoms with van der Waals surface area (Å²) in [5.41, 5.74) is 2.03. The van der Waals surface area contributed by atoms with E-state index in [1.807, 2.05) is 0 Å². The molecule has 0 N–H and O–H groups in total. The summed E-state index contributed by atoms with van der Waals surface area (Å²) in [5.74, 6) is 0.854. The van der Waals surface area contributed by atoms with Crippen LogP contribution >= 0.6 is 11.6 Å². The van der Waals surface area contributed by atoms with Gasteiger partial charge in [-0.05, 0) is 13.1 Å². The zero-order valence-corrected chi connectivity index (χ0v) is 11.8. The van der Waals surface area contributed by atoms with Crippen molar-refractivity contribution in [2.24, 2.45) is 0 Å². The summed E-state index contributed by atoms with van der Waals surface area (Å²) in [6.45, 7) is 8.72. The normalized spacial score (nSPS) is 14.9. The summed E-state index contributed by atoms with van der Waals surface area (Å²) in [6.07, 6.45) is 1.70. The first kappa shape index (κ1) is 13.7. The number of halogens is 1. The summed E-state index contributed by atoms with van der Waals surface area (Å²) < 4.78 is 5.38. The van der Waals surface area contributed by atoms with Crippen molar-refractivity contribution in [2.75, 3.05) is 26.2 Å². The Balaban J connectivity index is 2.07. The van der Waals surface area contributed by atoms with Crippen molar-refractivity contribution in [3.63, 3.8) is 0 Å². The van der Waals surface area contributed by atoms with Crippen LogP contribution in [0.3, 0.4) is 0 Å². The van der Waals surface area contributed by atoms with Crippen LogP contribution in [0.4, 0.5) is 0 Å². The van der Waals surface area contributed by atoms with E-state index < -0.39 is 0 Å². The summed E-state index contributed by atoms with van der Waals surface area (Å²) in [5, 5.41) is 0.564. The van der Waals surface area contributed by atoms with Gasteiger partial charge in [-0.2, -0.15) is 0 Å². The van der Waals surface area contributed by atoms with Crippen molar-refractivity contribution in [3.8, 4) is 0 Å². The molecule has 2 heterocycles. The Morgan fingerprint density at radius 1 is 1.28 bits per heavy atom. The van der Waals surface area contributed by atoms with Crippen molar-refractivity contribution >= 4 is 11.6 Å². The molecule has 1 aromatic heterocycles. The SMILES string of the molecule is CCN(CC)CCc1nc(Cl)c2c(n1)CCOC2. The Labute approximate surface area is 113 Å². The van der Waals surface area contributed by atoms with E-state index in [1.165, 1.54) is 0 Å². The highest BCUT2D eigenvalue weighted by molar-refractivity contribution is 6.30. The van der Waals surface area contributed by atoms with Crippen LogP contribution < -0.4 is 0 Å². The lowest BCUT2D eigenvalue weighted by Crippen LogP contribution is -2.26. The van der Waals surface area contributed by atoms with E-state index in [0.29, 0.717) is 11.8 Å². The van der Waals surface area contributed by atoms with Gasteiger partial charge in [-0.3, -0.25) is 0 Å². The molecule has 0 aromatic carbocycles. The maximum Gasteiger partial charge on any atom is 0.138 e. The summed E-state index contributed by atoms with van der Waals surface area (Å²) in [4.78, 5) is 11.3. The van der Waals surface area contributed by atoms with Crippen LogP contribution in [-0.4, -0.2) is 41.1 Å². The third-order valence-corrected chi connectivity index (χ3v) is 3.68. The molecule has 0 bridgehead atoms. The number of hydrogen-bond acceptors (Lipinski definition) is 4. The van der Waals surface area contributed by atoms with Gasteiger partial charge >= 0.3 is 0 Å². The number of aromatic nitrogens is 2. The Morgan fingerprint density at radius 2 is 2.06 bits per heavy atom. The van der Waals surface area contributed by atoms with E-state index in [1.54, 1.807) is 0 Å². The maximum absolute atomic E-state index is 6.19.